The van der Waals surface area contributed by atoms with Crippen LogP contribution in [0.4, 0.5) is 0 Å². The van der Waals surface area contributed by atoms with Crippen molar-refractivity contribution in [3.8, 4) is 0 Å². The maximum absolute atomic E-state index is 5.74. The molecule has 0 aromatic rings. The van der Waals surface area contributed by atoms with Crippen molar-refractivity contribution in [2.45, 2.75) is 64.5 Å². The largest absolute Gasteiger partial charge is 0.381 e. The zero-order valence-corrected chi connectivity index (χ0v) is 15.1. The Balaban J connectivity index is 2.35. The number of ether oxygens (including phenoxy) is 2. The highest BCUT2D eigenvalue weighted by atomic mass is 16.5. The smallest absolute Gasteiger partial charge is 0.191 e. The quantitative estimate of drug-likeness (QED) is 0.534. The number of rotatable bonds is 8. The molecular formula is C17H35N3O2. The summed E-state index contributed by atoms with van der Waals surface area (Å²) in [4.78, 5) is 4.33. The molecular weight excluding hydrogens is 278 g/mol. The molecule has 1 heterocycles. The predicted octanol–water partition coefficient (Wildman–Crippen LogP) is 2.56. The molecule has 1 aliphatic heterocycles. The first-order valence-corrected chi connectivity index (χ1v) is 8.61. The van der Waals surface area contributed by atoms with E-state index in [-0.39, 0.29) is 5.60 Å². The molecule has 0 amide bonds. The highest BCUT2D eigenvalue weighted by Crippen LogP contribution is 2.23. The van der Waals surface area contributed by atoms with E-state index in [9.17, 15) is 0 Å². The average Bonchev–Trinajstić information content (AvgIpc) is 2.52. The Morgan fingerprint density at radius 1 is 1.23 bits per heavy atom. The normalized spacial score (nSPS) is 20.0. The molecule has 5 heteroatoms. The van der Waals surface area contributed by atoms with E-state index >= 15 is 0 Å². The average molecular weight is 313 g/mol. The third-order valence-corrected chi connectivity index (χ3v) is 4.44. The molecule has 0 aromatic carbocycles. The SMILES string of the molecule is CN=C(NCC1(OC)CCOCC1)NC(C)CCCC(C)C. The molecule has 0 radical (unpaired) electrons. The van der Waals surface area contributed by atoms with Crippen LogP contribution in [0.3, 0.4) is 0 Å². The molecule has 1 rings (SSSR count). The van der Waals surface area contributed by atoms with Gasteiger partial charge in [0.25, 0.3) is 0 Å². The summed E-state index contributed by atoms with van der Waals surface area (Å²) in [6.07, 6.45) is 5.56. The topological polar surface area (TPSA) is 54.9 Å². The molecule has 5 nitrogen and oxygen atoms in total. The van der Waals surface area contributed by atoms with Gasteiger partial charge in [0.05, 0.1) is 5.60 Å². The first-order valence-electron chi connectivity index (χ1n) is 8.61. The molecule has 22 heavy (non-hydrogen) atoms. The highest BCUT2D eigenvalue weighted by Gasteiger charge is 2.32. The number of guanidine groups is 1. The van der Waals surface area contributed by atoms with E-state index in [0.29, 0.717) is 6.04 Å². The summed E-state index contributed by atoms with van der Waals surface area (Å²) in [5.41, 5.74) is -0.128. The second kappa shape index (κ2) is 10.1. The molecule has 0 spiro atoms. The van der Waals surface area contributed by atoms with Crippen molar-refractivity contribution in [3.05, 3.63) is 0 Å². The van der Waals surface area contributed by atoms with E-state index in [1.54, 1.807) is 7.11 Å². The minimum atomic E-state index is -0.128. The summed E-state index contributed by atoms with van der Waals surface area (Å²) in [5, 5.41) is 6.89. The van der Waals surface area contributed by atoms with Crippen LogP contribution in [0.15, 0.2) is 4.99 Å². The Labute approximate surface area is 136 Å². The maximum Gasteiger partial charge on any atom is 0.191 e. The van der Waals surface area contributed by atoms with Gasteiger partial charge in [0.15, 0.2) is 5.96 Å². The lowest BCUT2D eigenvalue weighted by molar-refractivity contribution is -0.0855. The van der Waals surface area contributed by atoms with Crippen LogP contribution in [0.5, 0.6) is 0 Å². The van der Waals surface area contributed by atoms with Gasteiger partial charge in [0, 0.05) is 52.8 Å². The molecule has 1 fully saturated rings. The van der Waals surface area contributed by atoms with Crippen molar-refractivity contribution in [1.29, 1.82) is 0 Å². The number of hydrogen-bond acceptors (Lipinski definition) is 3. The maximum atomic E-state index is 5.74. The van der Waals surface area contributed by atoms with Gasteiger partial charge in [-0.05, 0) is 19.3 Å². The number of methoxy groups -OCH3 is 1. The zero-order chi connectivity index (χ0) is 16.4. The number of nitrogens with zero attached hydrogens (tertiary/aromatic N) is 1. The Morgan fingerprint density at radius 3 is 2.45 bits per heavy atom. The van der Waals surface area contributed by atoms with Crippen molar-refractivity contribution >= 4 is 5.96 Å². The lowest BCUT2D eigenvalue weighted by atomic mass is 9.94. The summed E-state index contributed by atoms with van der Waals surface area (Å²) in [6.45, 7) is 9.08. The van der Waals surface area contributed by atoms with Gasteiger partial charge in [0.2, 0.25) is 0 Å². The standard InChI is InChI=1S/C17H35N3O2/c1-14(2)7-6-8-15(3)20-16(18-4)19-13-17(21-5)9-11-22-12-10-17/h14-15H,6-13H2,1-5H3,(H2,18,19,20). The van der Waals surface area contributed by atoms with E-state index < -0.39 is 0 Å². The van der Waals surface area contributed by atoms with E-state index in [4.69, 9.17) is 9.47 Å². The van der Waals surface area contributed by atoms with Crippen LogP contribution >= 0.6 is 0 Å². The van der Waals surface area contributed by atoms with Gasteiger partial charge in [0.1, 0.15) is 0 Å². The van der Waals surface area contributed by atoms with Crippen molar-refractivity contribution < 1.29 is 9.47 Å². The van der Waals surface area contributed by atoms with E-state index in [2.05, 4.69) is 36.4 Å². The monoisotopic (exact) mass is 313 g/mol. The Morgan fingerprint density at radius 2 is 1.91 bits per heavy atom. The third-order valence-electron chi connectivity index (χ3n) is 4.44. The van der Waals surface area contributed by atoms with Gasteiger partial charge in [-0.3, -0.25) is 4.99 Å². The molecule has 1 unspecified atom stereocenters. The molecule has 0 bridgehead atoms. The summed E-state index contributed by atoms with van der Waals surface area (Å²) in [6, 6.07) is 0.429. The molecule has 1 saturated heterocycles. The van der Waals surface area contributed by atoms with Gasteiger partial charge in [-0.2, -0.15) is 0 Å². The summed E-state index contributed by atoms with van der Waals surface area (Å²) in [5.74, 6) is 1.64. The van der Waals surface area contributed by atoms with Crippen molar-refractivity contribution in [1.82, 2.24) is 10.6 Å². The predicted molar refractivity (Wildman–Crippen MR) is 92.4 cm³/mol. The van der Waals surface area contributed by atoms with Crippen LogP contribution in [-0.2, 0) is 9.47 Å². The van der Waals surface area contributed by atoms with Crippen LogP contribution in [0.25, 0.3) is 0 Å². The van der Waals surface area contributed by atoms with Crippen LogP contribution in [-0.4, -0.2) is 51.5 Å². The fraction of sp³-hybridized carbons (Fsp3) is 0.941. The molecule has 0 aromatic heterocycles. The fourth-order valence-electron chi connectivity index (χ4n) is 2.77. The van der Waals surface area contributed by atoms with Gasteiger partial charge in [-0.15, -0.1) is 0 Å². The Bertz CT molecular complexity index is 326. The Kier molecular flexibility index (Phi) is 8.79. The van der Waals surface area contributed by atoms with Crippen LogP contribution < -0.4 is 10.6 Å². The fourth-order valence-corrected chi connectivity index (χ4v) is 2.77. The lowest BCUT2D eigenvalue weighted by Gasteiger charge is -2.36. The lowest BCUT2D eigenvalue weighted by Crippen LogP contribution is -2.52. The minimum Gasteiger partial charge on any atom is -0.381 e. The number of hydrogen-bond donors (Lipinski definition) is 2. The van der Waals surface area contributed by atoms with Crippen LogP contribution in [0.1, 0.15) is 52.9 Å². The molecule has 0 saturated carbocycles. The van der Waals surface area contributed by atoms with E-state index in [0.717, 1.165) is 44.5 Å². The second-order valence-corrected chi connectivity index (χ2v) is 6.80. The van der Waals surface area contributed by atoms with Crippen LogP contribution in [0, 0.1) is 5.92 Å². The molecule has 130 valence electrons. The molecule has 0 aliphatic carbocycles. The first kappa shape index (κ1) is 19.2. The van der Waals surface area contributed by atoms with Crippen molar-refractivity contribution in [3.63, 3.8) is 0 Å². The minimum absolute atomic E-state index is 0.128. The van der Waals surface area contributed by atoms with Crippen molar-refractivity contribution in [2.75, 3.05) is 33.9 Å². The first-order chi connectivity index (χ1) is 10.5. The summed E-state index contributed by atoms with van der Waals surface area (Å²) in [7, 11) is 3.61. The number of aliphatic imine (C=N–C) groups is 1. The van der Waals surface area contributed by atoms with Gasteiger partial charge in [-0.25, -0.2) is 0 Å². The number of nitrogens with one attached hydrogen (secondary N) is 2. The van der Waals surface area contributed by atoms with Gasteiger partial charge in [-0.1, -0.05) is 26.7 Å². The second-order valence-electron chi connectivity index (χ2n) is 6.80. The van der Waals surface area contributed by atoms with Crippen LogP contribution in [0.2, 0.25) is 0 Å². The highest BCUT2D eigenvalue weighted by molar-refractivity contribution is 5.80. The van der Waals surface area contributed by atoms with Gasteiger partial charge < -0.3 is 20.1 Å². The zero-order valence-electron chi connectivity index (χ0n) is 15.1. The Hall–Kier alpha value is -0.810. The molecule has 1 aliphatic rings. The summed E-state index contributed by atoms with van der Waals surface area (Å²) >= 11 is 0. The van der Waals surface area contributed by atoms with Gasteiger partial charge >= 0.3 is 0 Å². The van der Waals surface area contributed by atoms with E-state index in [1.165, 1.54) is 19.3 Å². The third kappa shape index (κ3) is 6.97. The summed E-state index contributed by atoms with van der Waals surface area (Å²) < 4.78 is 11.2. The van der Waals surface area contributed by atoms with E-state index in [1.807, 2.05) is 7.05 Å². The molecule has 1 atom stereocenters. The molecule has 2 N–H and O–H groups in total. The van der Waals surface area contributed by atoms with Crippen molar-refractivity contribution in [2.24, 2.45) is 10.9 Å².